The fourth-order valence-electron chi connectivity index (χ4n) is 1.51. The summed E-state index contributed by atoms with van der Waals surface area (Å²) in [7, 11) is 2.02. The second-order valence-corrected chi connectivity index (χ2v) is 3.89. The van der Waals surface area contributed by atoms with Gasteiger partial charge in [0.15, 0.2) is 0 Å². The number of ether oxygens (including phenoxy) is 1. The predicted octanol–water partition coefficient (Wildman–Crippen LogP) is 1.41. The third kappa shape index (κ3) is 2.17. The molecule has 1 heterocycles. The summed E-state index contributed by atoms with van der Waals surface area (Å²) in [5.41, 5.74) is 0.237. The summed E-state index contributed by atoms with van der Waals surface area (Å²) in [5, 5.41) is 3.33. The van der Waals surface area contributed by atoms with Crippen molar-refractivity contribution in [2.45, 2.75) is 32.2 Å². The topological polar surface area (TPSA) is 21.3 Å². The third-order valence-electron chi connectivity index (χ3n) is 2.83. The zero-order valence-corrected chi connectivity index (χ0v) is 7.81. The Morgan fingerprint density at radius 1 is 1.45 bits per heavy atom. The maximum atomic E-state index is 5.43. The van der Waals surface area contributed by atoms with E-state index >= 15 is 0 Å². The Kier molecular flexibility index (Phi) is 2.90. The fourth-order valence-corrected chi connectivity index (χ4v) is 1.51. The van der Waals surface area contributed by atoms with Crippen molar-refractivity contribution in [2.24, 2.45) is 5.92 Å². The van der Waals surface area contributed by atoms with Crippen LogP contribution in [0.4, 0.5) is 0 Å². The van der Waals surface area contributed by atoms with Gasteiger partial charge in [-0.2, -0.15) is 0 Å². The summed E-state index contributed by atoms with van der Waals surface area (Å²) < 4.78 is 5.43. The van der Waals surface area contributed by atoms with Gasteiger partial charge in [0.2, 0.25) is 0 Å². The molecule has 1 N–H and O–H groups in total. The van der Waals surface area contributed by atoms with Crippen molar-refractivity contribution in [1.29, 1.82) is 0 Å². The van der Waals surface area contributed by atoms with E-state index < -0.39 is 0 Å². The van der Waals surface area contributed by atoms with Crippen molar-refractivity contribution < 1.29 is 4.74 Å². The first-order chi connectivity index (χ1) is 5.17. The summed E-state index contributed by atoms with van der Waals surface area (Å²) in [5.74, 6) is 0.682. The van der Waals surface area contributed by atoms with Gasteiger partial charge >= 0.3 is 0 Å². The standard InChI is InChI=1S/C9H19NO/c1-9(2,10-3)8-5-4-6-11-7-8/h8,10H,4-7H2,1-3H3. The highest BCUT2D eigenvalue weighted by atomic mass is 16.5. The van der Waals surface area contributed by atoms with E-state index in [0.29, 0.717) is 5.92 Å². The molecule has 1 rings (SSSR count). The molecule has 1 aliphatic rings. The maximum absolute atomic E-state index is 5.43. The molecule has 0 spiro atoms. The lowest BCUT2D eigenvalue weighted by atomic mass is 9.84. The van der Waals surface area contributed by atoms with Gasteiger partial charge in [-0.1, -0.05) is 0 Å². The Bertz CT molecular complexity index is 117. The molecule has 11 heavy (non-hydrogen) atoms. The van der Waals surface area contributed by atoms with Crippen LogP contribution in [0.1, 0.15) is 26.7 Å². The Hall–Kier alpha value is -0.0800. The molecule has 2 heteroatoms. The molecule has 1 fully saturated rings. The van der Waals surface area contributed by atoms with Crippen molar-refractivity contribution in [3.8, 4) is 0 Å². The molecule has 0 aliphatic carbocycles. The largest absolute Gasteiger partial charge is 0.381 e. The van der Waals surface area contributed by atoms with Gasteiger partial charge in [0.25, 0.3) is 0 Å². The Morgan fingerprint density at radius 2 is 2.18 bits per heavy atom. The minimum absolute atomic E-state index is 0.237. The monoisotopic (exact) mass is 157 g/mol. The fraction of sp³-hybridized carbons (Fsp3) is 1.00. The smallest absolute Gasteiger partial charge is 0.0511 e. The van der Waals surface area contributed by atoms with Gasteiger partial charge in [-0.3, -0.25) is 0 Å². The zero-order valence-electron chi connectivity index (χ0n) is 7.81. The van der Waals surface area contributed by atoms with Crippen molar-refractivity contribution in [3.63, 3.8) is 0 Å². The van der Waals surface area contributed by atoms with Crippen LogP contribution in [0, 0.1) is 5.92 Å². The third-order valence-corrected chi connectivity index (χ3v) is 2.83. The molecule has 0 bridgehead atoms. The van der Waals surface area contributed by atoms with E-state index in [2.05, 4.69) is 19.2 Å². The first kappa shape index (κ1) is 9.01. The van der Waals surface area contributed by atoms with Gasteiger partial charge < -0.3 is 10.1 Å². The minimum atomic E-state index is 0.237. The van der Waals surface area contributed by atoms with Crippen LogP contribution in [0.25, 0.3) is 0 Å². The van der Waals surface area contributed by atoms with Gasteiger partial charge in [-0.15, -0.1) is 0 Å². The summed E-state index contributed by atoms with van der Waals surface area (Å²) in [6.45, 7) is 6.36. The van der Waals surface area contributed by atoms with Crippen LogP contribution in [0.2, 0.25) is 0 Å². The van der Waals surface area contributed by atoms with Crippen molar-refractivity contribution in [1.82, 2.24) is 5.32 Å². The van der Waals surface area contributed by atoms with E-state index in [4.69, 9.17) is 4.74 Å². The van der Waals surface area contributed by atoms with Crippen LogP contribution in [0.3, 0.4) is 0 Å². The van der Waals surface area contributed by atoms with E-state index in [9.17, 15) is 0 Å². The number of hydrogen-bond donors (Lipinski definition) is 1. The van der Waals surface area contributed by atoms with E-state index in [0.717, 1.165) is 13.2 Å². The molecule has 1 aliphatic heterocycles. The van der Waals surface area contributed by atoms with Crippen LogP contribution in [-0.4, -0.2) is 25.8 Å². The molecule has 0 aromatic carbocycles. The highest BCUT2D eigenvalue weighted by Crippen LogP contribution is 2.24. The van der Waals surface area contributed by atoms with Crippen LogP contribution in [0.15, 0.2) is 0 Å². The minimum Gasteiger partial charge on any atom is -0.381 e. The Labute approximate surface area is 69.3 Å². The molecule has 0 saturated carbocycles. The van der Waals surface area contributed by atoms with E-state index in [1.54, 1.807) is 0 Å². The Balaban J connectivity index is 2.43. The summed E-state index contributed by atoms with van der Waals surface area (Å²) in [4.78, 5) is 0. The molecule has 0 aromatic heterocycles. The average molecular weight is 157 g/mol. The molecule has 2 nitrogen and oxygen atoms in total. The average Bonchev–Trinajstić information content (AvgIpc) is 2.06. The zero-order chi connectivity index (χ0) is 8.32. The van der Waals surface area contributed by atoms with Gasteiger partial charge in [0.1, 0.15) is 0 Å². The van der Waals surface area contributed by atoms with Gasteiger partial charge in [0, 0.05) is 12.1 Å². The molecule has 1 unspecified atom stereocenters. The van der Waals surface area contributed by atoms with Crippen LogP contribution in [0.5, 0.6) is 0 Å². The molecule has 0 aromatic rings. The lowest BCUT2D eigenvalue weighted by Gasteiger charge is -2.36. The highest BCUT2D eigenvalue weighted by molar-refractivity contribution is 4.85. The highest BCUT2D eigenvalue weighted by Gasteiger charge is 2.29. The predicted molar refractivity (Wildman–Crippen MR) is 46.7 cm³/mol. The van der Waals surface area contributed by atoms with Gasteiger partial charge in [0.05, 0.1) is 6.61 Å². The molecular formula is C9H19NO. The van der Waals surface area contributed by atoms with Crippen molar-refractivity contribution in [3.05, 3.63) is 0 Å². The first-order valence-electron chi connectivity index (χ1n) is 4.43. The SMILES string of the molecule is CNC(C)(C)C1CCCOC1. The summed E-state index contributed by atoms with van der Waals surface area (Å²) in [6.07, 6.45) is 2.52. The summed E-state index contributed by atoms with van der Waals surface area (Å²) in [6, 6.07) is 0. The lowest BCUT2D eigenvalue weighted by molar-refractivity contribution is 0.0219. The van der Waals surface area contributed by atoms with Gasteiger partial charge in [-0.05, 0) is 39.7 Å². The number of nitrogens with one attached hydrogen (secondary N) is 1. The van der Waals surface area contributed by atoms with E-state index in [-0.39, 0.29) is 5.54 Å². The van der Waals surface area contributed by atoms with Crippen LogP contribution in [-0.2, 0) is 4.74 Å². The van der Waals surface area contributed by atoms with Crippen molar-refractivity contribution in [2.75, 3.05) is 20.3 Å². The quantitative estimate of drug-likeness (QED) is 0.654. The maximum Gasteiger partial charge on any atom is 0.0511 e. The van der Waals surface area contributed by atoms with E-state index in [1.807, 2.05) is 7.05 Å². The molecule has 66 valence electrons. The van der Waals surface area contributed by atoms with Gasteiger partial charge in [-0.25, -0.2) is 0 Å². The van der Waals surface area contributed by atoms with Crippen LogP contribution < -0.4 is 5.32 Å². The molecule has 1 saturated heterocycles. The Morgan fingerprint density at radius 3 is 2.64 bits per heavy atom. The normalized spacial score (nSPS) is 27.0. The molecule has 0 radical (unpaired) electrons. The van der Waals surface area contributed by atoms with Crippen molar-refractivity contribution >= 4 is 0 Å². The number of hydrogen-bond acceptors (Lipinski definition) is 2. The second kappa shape index (κ2) is 3.55. The first-order valence-corrected chi connectivity index (χ1v) is 4.43. The lowest BCUT2D eigenvalue weighted by Crippen LogP contribution is -2.47. The second-order valence-electron chi connectivity index (χ2n) is 3.89. The molecule has 0 amide bonds. The summed E-state index contributed by atoms with van der Waals surface area (Å²) >= 11 is 0. The molecule has 1 atom stereocenters. The van der Waals surface area contributed by atoms with Crippen LogP contribution >= 0.6 is 0 Å². The van der Waals surface area contributed by atoms with E-state index in [1.165, 1.54) is 12.8 Å². The molecular weight excluding hydrogens is 138 g/mol. The number of rotatable bonds is 2.